The van der Waals surface area contributed by atoms with Gasteiger partial charge in [-0.2, -0.15) is 0 Å². The van der Waals surface area contributed by atoms with Crippen LogP contribution in [0.3, 0.4) is 0 Å². The number of fused-ring (bicyclic) bond motifs is 2. The van der Waals surface area contributed by atoms with Crippen LogP contribution in [0.25, 0.3) is 10.9 Å². The lowest BCUT2D eigenvalue weighted by Gasteiger charge is -2.25. The summed E-state index contributed by atoms with van der Waals surface area (Å²) in [7, 11) is 0. The minimum Gasteiger partial charge on any atom is -0.375 e. The molecule has 0 bridgehead atoms. The second kappa shape index (κ2) is 4.92. The molecule has 1 aromatic heterocycles. The van der Waals surface area contributed by atoms with Gasteiger partial charge < -0.3 is 4.74 Å². The molecular weight excluding hydrogens is 332 g/mol. The molecule has 110 valence electrons. The molecule has 1 fully saturated rings. The van der Waals surface area contributed by atoms with E-state index in [1.54, 1.807) is 0 Å². The van der Waals surface area contributed by atoms with Crippen LogP contribution in [0.1, 0.15) is 31.5 Å². The van der Waals surface area contributed by atoms with Crippen LogP contribution in [0.5, 0.6) is 0 Å². The van der Waals surface area contributed by atoms with Gasteiger partial charge in [0.25, 0.3) is 5.56 Å². The molecule has 5 heteroatoms. The van der Waals surface area contributed by atoms with Gasteiger partial charge in [-0.05, 0) is 43.9 Å². The molecule has 2 aliphatic rings. The molecule has 21 heavy (non-hydrogen) atoms. The van der Waals surface area contributed by atoms with E-state index in [1.807, 2.05) is 22.8 Å². The minimum atomic E-state index is -0.0209. The highest BCUT2D eigenvalue weighted by Gasteiger charge is 2.37. The minimum absolute atomic E-state index is 0.0209. The third-order valence-electron chi connectivity index (χ3n) is 4.78. The molecule has 0 aliphatic carbocycles. The molecule has 1 aromatic carbocycles. The standard InChI is InChI=1S/C16H17BrN2O2/c17-11-2-3-12-13(10-11)18-14-4-6-16(5-1-9-21-16)7-8-19(14)15(12)20/h2-3,10H,1,4-9H2. The molecule has 0 saturated carbocycles. The maximum absolute atomic E-state index is 12.7. The SMILES string of the molecule is O=c1c2ccc(Br)cc2nc2n1CCC1(CCCO1)CC2. The Balaban J connectivity index is 1.82. The number of hydrogen-bond donors (Lipinski definition) is 0. The smallest absolute Gasteiger partial charge is 0.261 e. The number of aryl methyl sites for hydroxylation is 1. The van der Waals surface area contributed by atoms with E-state index in [4.69, 9.17) is 9.72 Å². The summed E-state index contributed by atoms with van der Waals surface area (Å²) in [5.74, 6) is 0.901. The average molecular weight is 349 g/mol. The summed E-state index contributed by atoms with van der Waals surface area (Å²) in [4.78, 5) is 17.4. The molecule has 1 saturated heterocycles. The van der Waals surface area contributed by atoms with Crippen LogP contribution in [0.15, 0.2) is 27.5 Å². The number of aromatic nitrogens is 2. The van der Waals surface area contributed by atoms with Crippen LogP contribution in [0.4, 0.5) is 0 Å². The van der Waals surface area contributed by atoms with Gasteiger partial charge in [-0.25, -0.2) is 4.98 Å². The van der Waals surface area contributed by atoms with Crippen LogP contribution in [-0.2, 0) is 17.7 Å². The van der Waals surface area contributed by atoms with Gasteiger partial charge in [0.05, 0.1) is 16.5 Å². The van der Waals surface area contributed by atoms with Crippen molar-refractivity contribution in [2.24, 2.45) is 0 Å². The predicted octanol–water partition coefficient (Wildman–Crippen LogP) is 3.04. The van der Waals surface area contributed by atoms with Gasteiger partial charge in [-0.1, -0.05) is 15.9 Å². The largest absolute Gasteiger partial charge is 0.375 e. The Morgan fingerprint density at radius 1 is 1.29 bits per heavy atom. The highest BCUT2D eigenvalue weighted by atomic mass is 79.9. The zero-order valence-corrected chi connectivity index (χ0v) is 13.4. The van der Waals surface area contributed by atoms with Crippen LogP contribution < -0.4 is 5.56 Å². The van der Waals surface area contributed by atoms with Crippen molar-refractivity contribution in [3.63, 3.8) is 0 Å². The first-order chi connectivity index (χ1) is 10.2. The number of ether oxygens (including phenoxy) is 1. The quantitative estimate of drug-likeness (QED) is 0.734. The van der Waals surface area contributed by atoms with E-state index in [-0.39, 0.29) is 11.2 Å². The summed E-state index contributed by atoms with van der Waals surface area (Å²) in [6.45, 7) is 1.57. The summed E-state index contributed by atoms with van der Waals surface area (Å²) in [6.07, 6.45) is 4.95. The highest BCUT2D eigenvalue weighted by molar-refractivity contribution is 9.10. The number of nitrogens with zero attached hydrogens (tertiary/aromatic N) is 2. The molecule has 0 N–H and O–H groups in total. The summed E-state index contributed by atoms with van der Waals surface area (Å²) in [5, 5.41) is 0.699. The molecular formula is C16H17BrN2O2. The Labute approximate surface area is 131 Å². The molecule has 3 heterocycles. The van der Waals surface area contributed by atoms with Gasteiger partial charge in [0, 0.05) is 24.0 Å². The topological polar surface area (TPSA) is 44.1 Å². The third-order valence-corrected chi connectivity index (χ3v) is 5.27. The second-order valence-corrected chi connectivity index (χ2v) is 6.95. The van der Waals surface area contributed by atoms with Crippen molar-refractivity contribution in [2.75, 3.05) is 6.61 Å². The number of hydrogen-bond acceptors (Lipinski definition) is 3. The summed E-state index contributed by atoms with van der Waals surface area (Å²) < 4.78 is 8.81. The number of halogens is 1. The van der Waals surface area contributed by atoms with Crippen molar-refractivity contribution >= 4 is 26.8 Å². The Morgan fingerprint density at radius 2 is 2.19 bits per heavy atom. The van der Waals surface area contributed by atoms with Crippen molar-refractivity contribution in [3.8, 4) is 0 Å². The first-order valence-corrected chi connectivity index (χ1v) is 8.29. The van der Waals surface area contributed by atoms with E-state index in [9.17, 15) is 4.79 Å². The molecule has 1 unspecified atom stereocenters. The molecule has 1 spiro atoms. The van der Waals surface area contributed by atoms with E-state index in [0.29, 0.717) is 11.9 Å². The number of rotatable bonds is 0. The predicted molar refractivity (Wildman–Crippen MR) is 84.6 cm³/mol. The Hall–Kier alpha value is -1.20. The van der Waals surface area contributed by atoms with Crippen molar-refractivity contribution in [2.45, 2.75) is 44.2 Å². The fourth-order valence-corrected chi connectivity index (χ4v) is 3.94. The first kappa shape index (κ1) is 13.5. The second-order valence-electron chi connectivity index (χ2n) is 6.03. The average Bonchev–Trinajstić information content (AvgIpc) is 2.85. The fraction of sp³-hybridized carbons (Fsp3) is 0.500. The van der Waals surface area contributed by atoms with E-state index in [1.165, 1.54) is 0 Å². The first-order valence-electron chi connectivity index (χ1n) is 7.50. The van der Waals surface area contributed by atoms with Gasteiger partial charge in [0.15, 0.2) is 0 Å². The lowest BCUT2D eigenvalue weighted by molar-refractivity contribution is -0.00907. The zero-order chi connectivity index (χ0) is 14.4. The summed E-state index contributed by atoms with van der Waals surface area (Å²) >= 11 is 3.45. The summed E-state index contributed by atoms with van der Waals surface area (Å²) in [5.41, 5.74) is 0.842. The van der Waals surface area contributed by atoms with Crippen LogP contribution in [0, 0.1) is 0 Å². The normalized spacial score (nSPS) is 25.2. The van der Waals surface area contributed by atoms with Crippen molar-refractivity contribution in [3.05, 3.63) is 38.9 Å². The monoisotopic (exact) mass is 348 g/mol. The molecule has 1 atom stereocenters. The van der Waals surface area contributed by atoms with E-state index in [2.05, 4.69) is 15.9 Å². The molecule has 4 nitrogen and oxygen atoms in total. The van der Waals surface area contributed by atoms with E-state index < -0.39 is 0 Å². The Bertz CT molecular complexity index is 763. The molecule has 4 rings (SSSR count). The summed E-state index contributed by atoms with van der Waals surface area (Å²) in [6, 6.07) is 5.68. The van der Waals surface area contributed by atoms with Crippen molar-refractivity contribution in [1.29, 1.82) is 0 Å². The lowest BCUT2D eigenvalue weighted by atomic mass is 9.91. The van der Waals surface area contributed by atoms with Gasteiger partial charge in [-0.15, -0.1) is 0 Å². The van der Waals surface area contributed by atoms with Gasteiger partial charge in [0.2, 0.25) is 0 Å². The third kappa shape index (κ3) is 2.23. The highest BCUT2D eigenvalue weighted by Crippen LogP contribution is 2.35. The van der Waals surface area contributed by atoms with Crippen LogP contribution in [-0.4, -0.2) is 21.8 Å². The lowest BCUT2D eigenvalue weighted by Crippen LogP contribution is -2.29. The fourth-order valence-electron chi connectivity index (χ4n) is 3.59. The maximum atomic E-state index is 12.7. The molecule has 0 radical (unpaired) electrons. The van der Waals surface area contributed by atoms with Gasteiger partial charge in [0.1, 0.15) is 5.82 Å². The van der Waals surface area contributed by atoms with E-state index in [0.717, 1.165) is 54.5 Å². The van der Waals surface area contributed by atoms with Crippen LogP contribution >= 0.6 is 15.9 Å². The van der Waals surface area contributed by atoms with E-state index >= 15 is 0 Å². The molecule has 0 amide bonds. The van der Waals surface area contributed by atoms with Gasteiger partial charge >= 0.3 is 0 Å². The Morgan fingerprint density at radius 3 is 3.00 bits per heavy atom. The number of benzene rings is 1. The Kier molecular flexibility index (Phi) is 3.15. The van der Waals surface area contributed by atoms with Crippen molar-refractivity contribution < 1.29 is 4.74 Å². The van der Waals surface area contributed by atoms with Gasteiger partial charge in [-0.3, -0.25) is 9.36 Å². The van der Waals surface area contributed by atoms with Crippen LogP contribution in [0.2, 0.25) is 0 Å². The molecule has 2 aromatic rings. The van der Waals surface area contributed by atoms with Crippen molar-refractivity contribution in [1.82, 2.24) is 9.55 Å². The maximum Gasteiger partial charge on any atom is 0.261 e. The molecule has 2 aliphatic heterocycles. The zero-order valence-electron chi connectivity index (χ0n) is 11.8.